The van der Waals surface area contributed by atoms with E-state index in [9.17, 15) is 18.3 Å². The van der Waals surface area contributed by atoms with E-state index in [1.54, 1.807) is 18.3 Å². The van der Waals surface area contributed by atoms with E-state index in [0.717, 1.165) is 37.6 Å². The highest BCUT2D eigenvalue weighted by Crippen LogP contribution is 2.36. The monoisotopic (exact) mass is 535 g/mol. The molecular weight excluding hydrogens is 502 g/mol. The van der Waals surface area contributed by atoms with Gasteiger partial charge in [0, 0.05) is 19.5 Å². The maximum atomic E-state index is 13.4. The van der Waals surface area contributed by atoms with E-state index >= 15 is 0 Å². The van der Waals surface area contributed by atoms with Gasteiger partial charge in [0.05, 0.1) is 39.5 Å². The first-order valence-electron chi connectivity index (χ1n) is 12.5. The van der Waals surface area contributed by atoms with Gasteiger partial charge in [0.25, 0.3) is 0 Å². The van der Waals surface area contributed by atoms with Crippen molar-refractivity contribution < 1.29 is 23.1 Å². The van der Waals surface area contributed by atoms with Gasteiger partial charge in [0.2, 0.25) is 5.91 Å². The topological polar surface area (TPSA) is 118 Å². The molecule has 2 aromatic rings. The molecular formula is C26H34ClN3O5S. The van der Waals surface area contributed by atoms with Crippen LogP contribution in [0.2, 0.25) is 5.02 Å². The summed E-state index contributed by atoms with van der Waals surface area (Å²) in [5.74, 6) is 0.0782. The molecule has 2 aliphatic rings. The van der Waals surface area contributed by atoms with Crippen LogP contribution in [0.3, 0.4) is 0 Å². The van der Waals surface area contributed by atoms with Crippen LogP contribution in [0.15, 0.2) is 35.5 Å². The lowest BCUT2D eigenvalue weighted by Gasteiger charge is -2.31. The average molecular weight is 536 g/mol. The number of hydrogen-bond acceptors (Lipinski definition) is 7. The summed E-state index contributed by atoms with van der Waals surface area (Å²) in [6.45, 7) is 1.13. The number of aromatic nitrogens is 2. The van der Waals surface area contributed by atoms with E-state index in [0.29, 0.717) is 62.6 Å². The largest absolute Gasteiger partial charge is 0.390 e. The smallest absolute Gasteiger partial charge is 0.233 e. The number of benzene rings is 1. The molecule has 1 aliphatic carbocycles. The number of aryl methyl sites for hydroxylation is 1. The van der Waals surface area contributed by atoms with Crippen LogP contribution in [0.25, 0.3) is 0 Å². The van der Waals surface area contributed by atoms with Gasteiger partial charge in [-0.05, 0) is 55.7 Å². The second-order valence-electron chi connectivity index (χ2n) is 10.1. The van der Waals surface area contributed by atoms with Crippen molar-refractivity contribution in [2.24, 2.45) is 5.92 Å². The lowest BCUT2D eigenvalue weighted by Crippen LogP contribution is -2.36. The highest BCUT2D eigenvalue weighted by molar-refractivity contribution is 7.90. The maximum Gasteiger partial charge on any atom is 0.233 e. The molecule has 0 spiro atoms. The number of nitrogens with one attached hydrogen (secondary N) is 1. The number of nitrogens with zero attached hydrogens (tertiary/aromatic N) is 2. The second kappa shape index (κ2) is 11.5. The first-order valence-corrected chi connectivity index (χ1v) is 14.8. The molecule has 1 aromatic carbocycles. The lowest BCUT2D eigenvalue weighted by atomic mass is 9.87. The second-order valence-corrected chi connectivity index (χ2v) is 12.5. The van der Waals surface area contributed by atoms with Gasteiger partial charge in [-0.2, -0.15) is 0 Å². The van der Waals surface area contributed by atoms with E-state index in [1.165, 1.54) is 12.3 Å². The number of aliphatic hydroxyl groups is 1. The average Bonchev–Trinajstić information content (AvgIpc) is 3.35. The van der Waals surface area contributed by atoms with Crippen LogP contribution in [0, 0.1) is 5.92 Å². The third-order valence-electron chi connectivity index (χ3n) is 7.34. The number of sulfone groups is 1. The van der Waals surface area contributed by atoms with Crippen molar-refractivity contribution in [1.82, 2.24) is 9.97 Å². The van der Waals surface area contributed by atoms with Crippen LogP contribution >= 0.6 is 11.6 Å². The van der Waals surface area contributed by atoms with Crippen molar-refractivity contribution in [1.29, 1.82) is 0 Å². The number of carbonyl (C=O) groups is 1. The molecule has 1 amide bonds. The number of hydrogen-bond donors (Lipinski definition) is 2. The Balaban J connectivity index is 1.45. The summed E-state index contributed by atoms with van der Waals surface area (Å²) in [5, 5.41) is 13.6. The highest BCUT2D eigenvalue weighted by atomic mass is 35.5. The van der Waals surface area contributed by atoms with Crippen molar-refractivity contribution in [3.8, 4) is 0 Å². The first kappa shape index (κ1) is 27.0. The molecule has 4 rings (SSSR count). The quantitative estimate of drug-likeness (QED) is 0.491. The molecule has 196 valence electrons. The molecule has 2 fully saturated rings. The van der Waals surface area contributed by atoms with Crippen molar-refractivity contribution in [2.45, 2.75) is 74.2 Å². The Bertz CT molecular complexity index is 1160. The maximum absolute atomic E-state index is 13.4. The normalized spacial score (nSPS) is 19.2. The minimum atomic E-state index is -3.46. The Hall–Kier alpha value is -2.07. The minimum absolute atomic E-state index is 0.0554. The molecule has 0 radical (unpaired) electrons. The van der Waals surface area contributed by atoms with Gasteiger partial charge in [-0.1, -0.05) is 43.4 Å². The summed E-state index contributed by atoms with van der Waals surface area (Å²) in [4.78, 5) is 22.2. The minimum Gasteiger partial charge on any atom is -0.390 e. The Morgan fingerprint density at radius 1 is 1.22 bits per heavy atom. The predicted octanol–water partition coefficient (Wildman–Crippen LogP) is 4.31. The fraction of sp³-hybridized carbons (Fsp3) is 0.577. The molecule has 2 heterocycles. The van der Waals surface area contributed by atoms with E-state index in [4.69, 9.17) is 16.3 Å². The van der Waals surface area contributed by atoms with Gasteiger partial charge < -0.3 is 15.2 Å². The Morgan fingerprint density at radius 2 is 1.94 bits per heavy atom. The molecule has 1 aliphatic heterocycles. The highest BCUT2D eigenvalue weighted by Gasteiger charge is 2.30. The molecule has 0 bridgehead atoms. The summed E-state index contributed by atoms with van der Waals surface area (Å²) >= 11 is 6.29. The van der Waals surface area contributed by atoms with E-state index in [-0.39, 0.29) is 15.8 Å². The van der Waals surface area contributed by atoms with Crippen LogP contribution in [0.4, 0.5) is 5.82 Å². The molecule has 36 heavy (non-hydrogen) atoms. The van der Waals surface area contributed by atoms with Crippen molar-refractivity contribution in [3.63, 3.8) is 0 Å². The Kier molecular flexibility index (Phi) is 8.65. The van der Waals surface area contributed by atoms with Gasteiger partial charge in [-0.15, -0.1) is 0 Å². The number of amides is 1. The fourth-order valence-electron chi connectivity index (χ4n) is 5.13. The molecule has 0 unspecified atom stereocenters. The van der Waals surface area contributed by atoms with Gasteiger partial charge in [0.15, 0.2) is 15.7 Å². The molecule has 8 nitrogen and oxygen atoms in total. The summed E-state index contributed by atoms with van der Waals surface area (Å²) in [6.07, 6.45) is 11.8. The molecule has 10 heteroatoms. The zero-order chi connectivity index (χ0) is 25.8. The predicted molar refractivity (Wildman–Crippen MR) is 138 cm³/mol. The van der Waals surface area contributed by atoms with E-state index < -0.39 is 21.4 Å². The number of carbonyl (C=O) groups excluding carboxylic acids is 1. The Morgan fingerprint density at radius 3 is 2.56 bits per heavy atom. The third-order valence-corrected chi connectivity index (χ3v) is 8.92. The number of ether oxygens (including phenoxy) is 1. The van der Waals surface area contributed by atoms with Crippen molar-refractivity contribution in [2.75, 3.05) is 24.8 Å². The first-order chi connectivity index (χ1) is 17.1. The number of halogens is 1. The standard InChI is InChI=1S/C26H34ClN3O5S/c1-36(33,34)23-7-6-19(15-22(23)27)21(14-18-4-2-3-5-18)25(31)30-24-17-28-20(16-29-24)8-9-26(32)10-12-35-13-11-26/h6-7,15-18,21,32H,2-5,8-14H2,1H3,(H,29,30,31)/t21-/m1/s1. The zero-order valence-electron chi connectivity index (χ0n) is 20.6. The van der Waals surface area contributed by atoms with E-state index in [1.807, 2.05) is 0 Å². The summed E-state index contributed by atoms with van der Waals surface area (Å²) < 4.78 is 29.3. The van der Waals surface area contributed by atoms with Gasteiger partial charge in [0.1, 0.15) is 0 Å². The molecule has 2 N–H and O–H groups in total. The van der Waals surface area contributed by atoms with Gasteiger partial charge in [-0.25, -0.2) is 13.4 Å². The van der Waals surface area contributed by atoms with E-state index in [2.05, 4.69) is 15.3 Å². The molecule has 1 atom stereocenters. The number of rotatable bonds is 9. The van der Waals surface area contributed by atoms with Crippen LogP contribution in [-0.4, -0.2) is 54.5 Å². The summed E-state index contributed by atoms with van der Waals surface area (Å²) in [6, 6.07) is 4.74. The Labute approximate surface area is 217 Å². The molecule has 1 saturated heterocycles. The van der Waals surface area contributed by atoms with Gasteiger partial charge in [-0.3, -0.25) is 9.78 Å². The van der Waals surface area contributed by atoms with Crippen LogP contribution < -0.4 is 5.32 Å². The third kappa shape index (κ3) is 7.03. The SMILES string of the molecule is CS(=O)(=O)c1ccc([C@@H](CC2CCCC2)C(=O)Nc2cnc(CCC3(O)CCOCC3)cn2)cc1Cl. The van der Waals surface area contributed by atoms with Crippen LogP contribution in [0.1, 0.15) is 68.5 Å². The molecule has 1 aromatic heterocycles. The van der Waals surface area contributed by atoms with Gasteiger partial charge >= 0.3 is 0 Å². The summed E-state index contributed by atoms with van der Waals surface area (Å²) in [7, 11) is -3.46. The van der Waals surface area contributed by atoms with Crippen LogP contribution in [-0.2, 0) is 25.8 Å². The zero-order valence-corrected chi connectivity index (χ0v) is 22.2. The number of anilines is 1. The van der Waals surface area contributed by atoms with Crippen LogP contribution in [0.5, 0.6) is 0 Å². The lowest BCUT2D eigenvalue weighted by molar-refractivity contribution is -0.118. The van der Waals surface area contributed by atoms with Crippen molar-refractivity contribution in [3.05, 3.63) is 46.9 Å². The van der Waals surface area contributed by atoms with Crippen molar-refractivity contribution >= 4 is 33.2 Å². The fourth-order valence-corrected chi connectivity index (χ4v) is 6.47. The summed E-state index contributed by atoms with van der Waals surface area (Å²) in [5.41, 5.74) is 0.707. The molecule has 1 saturated carbocycles.